The molecule has 3 heterocycles. The van der Waals surface area contributed by atoms with Crippen molar-refractivity contribution in [3.8, 4) is 5.82 Å². The molecule has 50 heavy (non-hydrogen) atoms. The SMILES string of the molecule is CC(C)(c1ccccc1)c1ccnc(-n2c3ccccc3c3ccc(Cc4cccc(N5CN(c6ccccc6)c6ccccc65)c4)cc32)c1. The topological polar surface area (TPSA) is 24.3 Å². The summed E-state index contributed by atoms with van der Waals surface area (Å²) in [5, 5.41) is 2.48. The molecule has 0 aliphatic carbocycles. The van der Waals surface area contributed by atoms with Gasteiger partial charge in [-0.1, -0.05) is 117 Å². The Kier molecular flexibility index (Phi) is 7.24. The predicted molar refractivity (Wildman–Crippen MR) is 208 cm³/mol. The lowest BCUT2D eigenvalue weighted by molar-refractivity contribution is 0.639. The number of fused-ring (bicyclic) bond motifs is 4. The monoisotopic (exact) mass is 646 g/mol. The first-order valence-electron chi connectivity index (χ1n) is 17.4. The van der Waals surface area contributed by atoms with E-state index in [1.54, 1.807) is 0 Å². The lowest BCUT2D eigenvalue weighted by atomic mass is 9.78. The highest BCUT2D eigenvalue weighted by molar-refractivity contribution is 6.09. The van der Waals surface area contributed by atoms with Gasteiger partial charge in [0.15, 0.2) is 0 Å². The van der Waals surface area contributed by atoms with Crippen LogP contribution in [0.5, 0.6) is 0 Å². The van der Waals surface area contributed by atoms with E-state index in [1.165, 1.54) is 66.8 Å². The van der Waals surface area contributed by atoms with Crippen molar-refractivity contribution >= 4 is 44.6 Å². The van der Waals surface area contributed by atoms with Gasteiger partial charge >= 0.3 is 0 Å². The normalized spacial score (nSPS) is 12.9. The summed E-state index contributed by atoms with van der Waals surface area (Å²) in [6.07, 6.45) is 2.79. The molecule has 0 unspecified atom stereocenters. The number of hydrogen-bond acceptors (Lipinski definition) is 3. The Labute approximate surface area is 293 Å². The lowest BCUT2D eigenvalue weighted by Gasteiger charge is -2.26. The summed E-state index contributed by atoms with van der Waals surface area (Å²) in [6, 6.07) is 59.1. The molecule has 242 valence electrons. The largest absolute Gasteiger partial charge is 0.321 e. The van der Waals surface area contributed by atoms with Gasteiger partial charge in [0.1, 0.15) is 12.5 Å². The fraction of sp³-hybridized carbons (Fsp3) is 0.109. The summed E-state index contributed by atoms with van der Waals surface area (Å²) >= 11 is 0. The smallest absolute Gasteiger partial charge is 0.137 e. The zero-order chi connectivity index (χ0) is 33.7. The van der Waals surface area contributed by atoms with Gasteiger partial charge in [0.25, 0.3) is 0 Å². The number of rotatable bonds is 7. The van der Waals surface area contributed by atoms with Gasteiger partial charge in [0, 0.05) is 33.8 Å². The third-order valence-electron chi connectivity index (χ3n) is 10.4. The summed E-state index contributed by atoms with van der Waals surface area (Å²) in [6.45, 7) is 5.35. The van der Waals surface area contributed by atoms with Crippen LogP contribution in [0.3, 0.4) is 0 Å². The van der Waals surface area contributed by atoms with E-state index < -0.39 is 0 Å². The molecule has 6 aromatic carbocycles. The molecule has 0 radical (unpaired) electrons. The highest BCUT2D eigenvalue weighted by atomic mass is 15.4. The zero-order valence-corrected chi connectivity index (χ0v) is 28.4. The number of pyridine rings is 1. The Morgan fingerprint density at radius 1 is 0.520 bits per heavy atom. The molecular weight excluding hydrogens is 609 g/mol. The number of benzene rings is 6. The van der Waals surface area contributed by atoms with Crippen LogP contribution < -0.4 is 9.80 Å². The van der Waals surface area contributed by atoms with Crippen LogP contribution in [0.25, 0.3) is 27.6 Å². The molecule has 0 amide bonds. The summed E-state index contributed by atoms with van der Waals surface area (Å²) in [7, 11) is 0. The summed E-state index contributed by atoms with van der Waals surface area (Å²) in [5.41, 5.74) is 12.1. The molecular formula is C46H38N4. The van der Waals surface area contributed by atoms with Crippen molar-refractivity contribution < 1.29 is 0 Å². The summed E-state index contributed by atoms with van der Waals surface area (Å²) in [5.74, 6) is 0.938. The molecule has 4 nitrogen and oxygen atoms in total. The van der Waals surface area contributed by atoms with Crippen molar-refractivity contribution in [1.82, 2.24) is 9.55 Å². The van der Waals surface area contributed by atoms with E-state index in [1.807, 2.05) is 6.20 Å². The number of aromatic nitrogens is 2. The minimum absolute atomic E-state index is 0.165. The molecule has 4 heteroatoms. The first kappa shape index (κ1) is 30.0. The van der Waals surface area contributed by atoms with E-state index in [9.17, 15) is 0 Å². The Balaban J connectivity index is 1.08. The zero-order valence-electron chi connectivity index (χ0n) is 28.4. The quantitative estimate of drug-likeness (QED) is 0.172. The fourth-order valence-electron chi connectivity index (χ4n) is 7.66. The Hall–Kier alpha value is -6.13. The molecule has 0 atom stereocenters. The van der Waals surface area contributed by atoms with E-state index in [2.05, 4.69) is 192 Å². The molecule has 0 bridgehead atoms. The third kappa shape index (κ3) is 5.12. The molecule has 1 aliphatic rings. The van der Waals surface area contributed by atoms with Gasteiger partial charge in [-0.05, 0) is 89.3 Å². The second-order valence-electron chi connectivity index (χ2n) is 13.8. The maximum absolute atomic E-state index is 4.96. The minimum atomic E-state index is -0.165. The average Bonchev–Trinajstić information content (AvgIpc) is 3.72. The van der Waals surface area contributed by atoms with Crippen LogP contribution in [-0.2, 0) is 11.8 Å². The molecule has 1 aliphatic heterocycles. The van der Waals surface area contributed by atoms with Crippen molar-refractivity contribution in [2.45, 2.75) is 25.7 Å². The van der Waals surface area contributed by atoms with Crippen molar-refractivity contribution in [3.05, 3.63) is 192 Å². The summed E-state index contributed by atoms with van der Waals surface area (Å²) < 4.78 is 2.34. The lowest BCUT2D eigenvalue weighted by Crippen LogP contribution is -2.23. The van der Waals surface area contributed by atoms with E-state index in [0.29, 0.717) is 0 Å². The second-order valence-corrected chi connectivity index (χ2v) is 13.8. The van der Waals surface area contributed by atoms with Crippen LogP contribution in [0.4, 0.5) is 22.7 Å². The van der Waals surface area contributed by atoms with E-state index >= 15 is 0 Å². The third-order valence-corrected chi connectivity index (χ3v) is 10.4. The van der Waals surface area contributed by atoms with E-state index in [4.69, 9.17) is 4.98 Å². The average molecular weight is 647 g/mol. The summed E-state index contributed by atoms with van der Waals surface area (Å²) in [4.78, 5) is 9.77. The molecule has 0 spiro atoms. The van der Waals surface area contributed by atoms with E-state index in [-0.39, 0.29) is 5.41 Å². The first-order chi connectivity index (χ1) is 24.5. The number of nitrogens with zero attached hydrogens (tertiary/aromatic N) is 4. The van der Waals surface area contributed by atoms with Gasteiger partial charge in [-0.3, -0.25) is 4.57 Å². The molecule has 0 fully saturated rings. The second kappa shape index (κ2) is 12.1. The van der Waals surface area contributed by atoms with Crippen molar-refractivity contribution in [3.63, 3.8) is 0 Å². The number of para-hydroxylation sites is 4. The molecule has 2 aromatic heterocycles. The van der Waals surface area contributed by atoms with Crippen LogP contribution in [-0.4, -0.2) is 16.2 Å². The number of hydrogen-bond donors (Lipinski definition) is 0. The molecule has 8 aromatic rings. The standard InChI is InChI=1S/C46H38N4/c1-46(2,35-15-5-3-6-16-35)36-26-27-47-45(31-36)50-41-21-10-9-20-39(41)40-25-24-34(30-44(40)50)28-33-14-13-19-38(29-33)49-32-48(37-17-7-4-8-18-37)42-22-11-12-23-43(42)49/h3-27,29-31H,28,32H2,1-2H3. The van der Waals surface area contributed by atoms with Crippen molar-refractivity contribution in [1.29, 1.82) is 0 Å². The van der Waals surface area contributed by atoms with Gasteiger partial charge in [0.2, 0.25) is 0 Å². The van der Waals surface area contributed by atoms with Crippen molar-refractivity contribution in [2.75, 3.05) is 16.5 Å². The van der Waals surface area contributed by atoms with Gasteiger partial charge in [-0.2, -0.15) is 0 Å². The maximum atomic E-state index is 4.96. The Morgan fingerprint density at radius 3 is 1.96 bits per heavy atom. The van der Waals surface area contributed by atoms with E-state index in [0.717, 1.165) is 18.9 Å². The minimum Gasteiger partial charge on any atom is -0.321 e. The predicted octanol–water partition coefficient (Wildman–Crippen LogP) is 11.3. The van der Waals surface area contributed by atoms with Gasteiger partial charge in [0.05, 0.1) is 22.4 Å². The van der Waals surface area contributed by atoms with Crippen LogP contribution in [0.1, 0.15) is 36.1 Å². The highest BCUT2D eigenvalue weighted by Gasteiger charge is 2.28. The van der Waals surface area contributed by atoms with Crippen molar-refractivity contribution in [2.24, 2.45) is 0 Å². The highest BCUT2D eigenvalue weighted by Crippen LogP contribution is 2.44. The van der Waals surface area contributed by atoms with Crippen LogP contribution in [0.2, 0.25) is 0 Å². The molecule has 0 N–H and O–H groups in total. The van der Waals surface area contributed by atoms with Gasteiger partial charge < -0.3 is 9.80 Å². The van der Waals surface area contributed by atoms with Gasteiger partial charge in [-0.15, -0.1) is 0 Å². The molecule has 0 saturated heterocycles. The first-order valence-corrected chi connectivity index (χ1v) is 17.4. The van der Waals surface area contributed by atoms with Crippen LogP contribution in [0.15, 0.2) is 170 Å². The molecule has 9 rings (SSSR count). The maximum Gasteiger partial charge on any atom is 0.137 e. The Bertz CT molecular complexity index is 2480. The number of anilines is 4. The molecule has 0 saturated carbocycles. The fourth-order valence-corrected chi connectivity index (χ4v) is 7.66. The van der Waals surface area contributed by atoms with Crippen LogP contribution in [0, 0.1) is 0 Å². The Morgan fingerprint density at radius 2 is 1.16 bits per heavy atom. The van der Waals surface area contributed by atoms with Gasteiger partial charge in [-0.25, -0.2) is 4.98 Å². The van der Waals surface area contributed by atoms with Crippen LogP contribution >= 0.6 is 0 Å².